The van der Waals surface area contributed by atoms with E-state index in [0.29, 0.717) is 0 Å². The molecule has 84 valence electrons. The van der Waals surface area contributed by atoms with Crippen LogP contribution >= 0.6 is 0 Å². The van der Waals surface area contributed by atoms with E-state index in [0.717, 1.165) is 19.3 Å². The van der Waals surface area contributed by atoms with Crippen LogP contribution in [0.3, 0.4) is 0 Å². The molecule has 2 N–H and O–H groups in total. The number of aromatic nitrogens is 1. The zero-order chi connectivity index (χ0) is 11.2. The van der Waals surface area contributed by atoms with Crippen molar-refractivity contribution in [1.29, 1.82) is 0 Å². The van der Waals surface area contributed by atoms with Crippen molar-refractivity contribution in [3.8, 4) is 0 Å². The molecule has 2 rings (SSSR count). The Kier molecular flexibility index (Phi) is 3.72. The van der Waals surface area contributed by atoms with Crippen LogP contribution in [0, 0.1) is 0 Å². The Morgan fingerprint density at radius 2 is 2.00 bits per heavy atom. The van der Waals surface area contributed by atoms with E-state index >= 15 is 0 Å². The molecule has 3 heteroatoms. The molecular formula is C13H16N2O. The summed E-state index contributed by atoms with van der Waals surface area (Å²) in [6, 6.07) is 6.22. The van der Waals surface area contributed by atoms with Crippen LogP contribution in [-0.4, -0.2) is 11.0 Å². The van der Waals surface area contributed by atoms with Crippen molar-refractivity contribution in [3.63, 3.8) is 0 Å². The van der Waals surface area contributed by atoms with Gasteiger partial charge < -0.3 is 10.2 Å². The van der Waals surface area contributed by atoms with E-state index in [4.69, 9.17) is 10.2 Å². The Balaban J connectivity index is 1.78. The maximum atomic E-state index is 6.06. The third-order valence-electron chi connectivity index (χ3n) is 2.63. The minimum Gasteiger partial charge on any atom is -0.472 e. The SMILES string of the molecule is NC(CCc1ccncc1)Cc1ccoc1. The molecule has 0 saturated carbocycles. The highest BCUT2D eigenvalue weighted by Gasteiger charge is 2.05. The van der Waals surface area contributed by atoms with Crippen LogP contribution in [-0.2, 0) is 12.8 Å². The first-order chi connectivity index (χ1) is 7.84. The number of aryl methyl sites for hydroxylation is 1. The van der Waals surface area contributed by atoms with Gasteiger partial charge in [0.2, 0.25) is 0 Å². The molecule has 0 fully saturated rings. The van der Waals surface area contributed by atoms with Crippen molar-refractivity contribution in [2.45, 2.75) is 25.3 Å². The third kappa shape index (κ3) is 3.21. The van der Waals surface area contributed by atoms with Crippen molar-refractivity contribution < 1.29 is 4.42 Å². The summed E-state index contributed by atoms with van der Waals surface area (Å²) in [5.74, 6) is 0. The molecule has 2 aromatic rings. The first-order valence-electron chi connectivity index (χ1n) is 5.50. The van der Waals surface area contributed by atoms with Gasteiger partial charge in [0, 0.05) is 18.4 Å². The van der Waals surface area contributed by atoms with Crippen molar-refractivity contribution >= 4 is 0 Å². The van der Waals surface area contributed by atoms with Crippen LogP contribution < -0.4 is 5.73 Å². The summed E-state index contributed by atoms with van der Waals surface area (Å²) in [7, 11) is 0. The highest BCUT2D eigenvalue weighted by Crippen LogP contribution is 2.08. The van der Waals surface area contributed by atoms with Gasteiger partial charge in [-0.25, -0.2) is 0 Å². The Morgan fingerprint density at radius 3 is 2.69 bits per heavy atom. The number of pyridine rings is 1. The molecule has 3 nitrogen and oxygen atoms in total. The Hall–Kier alpha value is -1.61. The molecule has 16 heavy (non-hydrogen) atoms. The number of rotatable bonds is 5. The normalized spacial score (nSPS) is 12.6. The average molecular weight is 216 g/mol. The second kappa shape index (κ2) is 5.47. The third-order valence-corrected chi connectivity index (χ3v) is 2.63. The van der Waals surface area contributed by atoms with Crippen molar-refractivity contribution in [1.82, 2.24) is 4.98 Å². The lowest BCUT2D eigenvalue weighted by molar-refractivity contribution is 0.556. The second-order valence-corrected chi connectivity index (χ2v) is 3.99. The monoisotopic (exact) mass is 216 g/mol. The molecule has 0 aliphatic carbocycles. The quantitative estimate of drug-likeness (QED) is 0.833. The zero-order valence-corrected chi connectivity index (χ0v) is 9.17. The predicted molar refractivity (Wildman–Crippen MR) is 62.9 cm³/mol. The second-order valence-electron chi connectivity index (χ2n) is 3.99. The molecule has 0 saturated heterocycles. The first kappa shape index (κ1) is 10.9. The minimum absolute atomic E-state index is 0.186. The van der Waals surface area contributed by atoms with Crippen LogP contribution in [0.1, 0.15) is 17.5 Å². The van der Waals surface area contributed by atoms with Gasteiger partial charge in [0.1, 0.15) is 0 Å². The number of hydrogen-bond donors (Lipinski definition) is 1. The van der Waals surface area contributed by atoms with E-state index in [2.05, 4.69) is 4.98 Å². The number of furan rings is 1. The first-order valence-corrected chi connectivity index (χ1v) is 5.50. The van der Waals surface area contributed by atoms with E-state index in [1.807, 2.05) is 30.6 Å². The maximum absolute atomic E-state index is 6.06. The Bertz CT molecular complexity index is 397. The summed E-state index contributed by atoms with van der Waals surface area (Å²) in [6.45, 7) is 0. The van der Waals surface area contributed by atoms with Crippen LogP contribution in [0.4, 0.5) is 0 Å². The van der Waals surface area contributed by atoms with Crippen LogP contribution in [0.2, 0.25) is 0 Å². The van der Waals surface area contributed by atoms with E-state index in [1.54, 1.807) is 12.5 Å². The van der Waals surface area contributed by atoms with Gasteiger partial charge in [0.05, 0.1) is 12.5 Å². The highest BCUT2D eigenvalue weighted by atomic mass is 16.3. The summed E-state index contributed by atoms with van der Waals surface area (Å²) in [5.41, 5.74) is 8.51. The average Bonchev–Trinajstić information content (AvgIpc) is 2.81. The summed E-state index contributed by atoms with van der Waals surface area (Å²) < 4.78 is 5.01. The van der Waals surface area contributed by atoms with Gasteiger partial charge in [0.25, 0.3) is 0 Å². The zero-order valence-electron chi connectivity index (χ0n) is 9.17. The van der Waals surface area contributed by atoms with E-state index < -0.39 is 0 Å². The molecule has 0 bridgehead atoms. The molecule has 0 aliphatic rings. The largest absolute Gasteiger partial charge is 0.472 e. The molecule has 2 heterocycles. The van der Waals surface area contributed by atoms with Gasteiger partial charge in [-0.3, -0.25) is 4.98 Å². The van der Waals surface area contributed by atoms with Gasteiger partial charge in [0.15, 0.2) is 0 Å². The highest BCUT2D eigenvalue weighted by molar-refractivity contribution is 5.11. The fraction of sp³-hybridized carbons (Fsp3) is 0.308. The van der Waals surface area contributed by atoms with E-state index in [1.165, 1.54) is 11.1 Å². The molecule has 0 aliphatic heterocycles. The lowest BCUT2D eigenvalue weighted by Crippen LogP contribution is -2.23. The lowest BCUT2D eigenvalue weighted by atomic mass is 10.0. The van der Waals surface area contributed by atoms with Crippen LogP contribution in [0.15, 0.2) is 47.5 Å². The summed E-state index contributed by atoms with van der Waals surface area (Å²) in [6.07, 6.45) is 9.93. The number of nitrogens with two attached hydrogens (primary N) is 1. The molecule has 1 unspecified atom stereocenters. The Labute approximate surface area is 95.3 Å². The van der Waals surface area contributed by atoms with Gasteiger partial charge in [-0.05, 0) is 48.6 Å². The molecule has 0 amide bonds. The molecule has 0 spiro atoms. The molecular weight excluding hydrogens is 200 g/mol. The molecule has 0 aromatic carbocycles. The summed E-state index contributed by atoms with van der Waals surface area (Å²) >= 11 is 0. The van der Waals surface area contributed by atoms with Crippen LogP contribution in [0.25, 0.3) is 0 Å². The molecule has 1 atom stereocenters. The molecule has 0 radical (unpaired) electrons. The van der Waals surface area contributed by atoms with Crippen molar-refractivity contribution in [2.75, 3.05) is 0 Å². The van der Waals surface area contributed by atoms with Crippen molar-refractivity contribution in [3.05, 3.63) is 54.2 Å². The summed E-state index contributed by atoms with van der Waals surface area (Å²) in [5, 5.41) is 0. The fourth-order valence-electron chi connectivity index (χ4n) is 1.72. The van der Waals surface area contributed by atoms with Gasteiger partial charge in [-0.15, -0.1) is 0 Å². The van der Waals surface area contributed by atoms with Gasteiger partial charge >= 0.3 is 0 Å². The Morgan fingerprint density at radius 1 is 1.19 bits per heavy atom. The van der Waals surface area contributed by atoms with Gasteiger partial charge in [-0.1, -0.05) is 0 Å². The van der Waals surface area contributed by atoms with Crippen molar-refractivity contribution in [2.24, 2.45) is 5.73 Å². The predicted octanol–water partition coefficient (Wildman–Crippen LogP) is 2.18. The minimum atomic E-state index is 0.186. The van der Waals surface area contributed by atoms with E-state index in [9.17, 15) is 0 Å². The molecule has 2 aromatic heterocycles. The summed E-state index contributed by atoms with van der Waals surface area (Å²) in [4.78, 5) is 3.99. The lowest BCUT2D eigenvalue weighted by Gasteiger charge is -2.09. The van der Waals surface area contributed by atoms with Crippen LogP contribution in [0.5, 0.6) is 0 Å². The number of hydrogen-bond acceptors (Lipinski definition) is 3. The standard InChI is InChI=1S/C13H16N2O/c14-13(9-12-5-8-16-10-12)2-1-11-3-6-15-7-4-11/h3-8,10,13H,1-2,9,14H2. The van der Waals surface area contributed by atoms with Gasteiger partial charge in [-0.2, -0.15) is 0 Å². The smallest absolute Gasteiger partial charge is 0.0935 e. The maximum Gasteiger partial charge on any atom is 0.0935 e. The number of nitrogens with zero attached hydrogens (tertiary/aromatic N) is 1. The van der Waals surface area contributed by atoms with E-state index in [-0.39, 0.29) is 6.04 Å². The topological polar surface area (TPSA) is 52.0 Å². The fourth-order valence-corrected chi connectivity index (χ4v) is 1.72.